The van der Waals surface area contributed by atoms with E-state index in [0.717, 1.165) is 19.3 Å². The predicted molar refractivity (Wildman–Crippen MR) is 82.5 cm³/mol. The number of halogens is 1. The van der Waals surface area contributed by atoms with E-state index in [-0.39, 0.29) is 30.3 Å². The second-order valence-corrected chi connectivity index (χ2v) is 5.39. The van der Waals surface area contributed by atoms with Gasteiger partial charge in [-0.3, -0.25) is 9.59 Å². The maximum atomic E-state index is 12.6. The lowest BCUT2D eigenvalue weighted by Gasteiger charge is -2.38. The lowest BCUT2D eigenvalue weighted by atomic mass is 10.00. The first-order valence-electron chi connectivity index (χ1n) is 7.54. The van der Waals surface area contributed by atoms with Gasteiger partial charge in [-0.25, -0.2) is 0 Å². The Hall–Kier alpha value is -0.850. The monoisotopic (exact) mass is 319 g/mol. The van der Waals surface area contributed by atoms with Gasteiger partial charge in [0.1, 0.15) is 6.04 Å². The summed E-state index contributed by atoms with van der Waals surface area (Å²) < 4.78 is 5.28. The van der Waals surface area contributed by atoms with Crippen LogP contribution in [-0.4, -0.2) is 74.1 Å². The number of hydrogen-bond acceptors (Lipinski definition) is 4. The zero-order chi connectivity index (χ0) is 14.4. The molecule has 1 atom stereocenters. The topological polar surface area (TPSA) is 61.9 Å². The third-order valence-electron chi connectivity index (χ3n) is 4.02. The SMILES string of the molecule is CNCCC(=O)N1CCCCC1C(=O)N1CCOCC1.Cl. The molecule has 21 heavy (non-hydrogen) atoms. The molecule has 2 aliphatic heterocycles. The number of amides is 2. The van der Waals surface area contributed by atoms with Crippen molar-refractivity contribution in [3.8, 4) is 0 Å². The maximum absolute atomic E-state index is 12.6. The van der Waals surface area contributed by atoms with Crippen molar-refractivity contribution < 1.29 is 14.3 Å². The van der Waals surface area contributed by atoms with Gasteiger partial charge in [0, 0.05) is 32.6 Å². The van der Waals surface area contributed by atoms with Crippen LogP contribution in [0, 0.1) is 0 Å². The van der Waals surface area contributed by atoms with E-state index >= 15 is 0 Å². The molecule has 6 nitrogen and oxygen atoms in total. The summed E-state index contributed by atoms with van der Waals surface area (Å²) in [6.45, 7) is 3.87. The van der Waals surface area contributed by atoms with Gasteiger partial charge in [0.05, 0.1) is 13.2 Å². The second-order valence-electron chi connectivity index (χ2n) is 5.39. The van der Waals surface area contributed by atoms with Crippen LogP contribution in [0.3, 0.4) is 0 Å². The Bertz CT molecular complexity index is 348. The summed E-state index contributed by atoms with van der Waals surface area (Å²) in [5.41, 5.74) is 0. The van der Waals surface area contributed by atoms with E-state index < -0.39 is 0 Å². The van der Waals surface area contributed by atoms with Crippen molar-refractivity contribution in [1.29, 1.82) is 0 Å². The third-order valence-corrected chi connectivity index (χ3v) is 4.02. The van der Waals surface area contributed by atoms with Gasteiger partial charge in [-0.1, -0.05) is 0 Å². The molecule has 122 valence electrons. The molecule has 0 aliphatic carbocycles. The number of nitrogens with one attached hydrogen (secondary N) is 1. The van der Waals surface area contributed by atoms with Crippen LogP contribution in [0.4, 0.5) is 0 Å². The number of morpholine rings is 1. The standard InChI is InChI=1S/C14H25N3O3.ClH/c1-15-6-5-13(18)17-7-3-2-4-12(17)14(19)16-8-10-20-11-9-16;/h12,15H,2-11H2,1H3;1H. The number of piperidine rings is 1. The van der Waals surface area contributed by atoms with Crippen molar-refractivity contribution in [1.82, 2.24) is 15.1 Å². The molecular formula is C14H26ClN3O3. The van der Waals surface area contributed by atoms with Gasteiger partial charge < -0.3 is 19.9 Å². The summed E-state index contributed by atoms with van der Waals surface area (Å²) >= 11 is 0. The van der Waals surface area contributed by atoms with E-state index in [4.69, 9.17) is 4.74 Å². The molecule has 0 saturated carbocycles. The summed E-state index contributed by atoms with van der Waals surface area (Å²) in [6, 6.07) is -0.258. The summed E-state index contributed by atoms with van der Waals surface area (Å²) in [5.74, 6) is 0.191. The van der Waals surface area contributed by atoms with E-state index in [2.05, 4.69) is 5.32 Å². The van der Waals surface area contributed by atoms with Crippen LogP contribution >= 0.6 is 12.4 Å². The number of carbonyl (C=O) groups excluding carboxylic acids is 2. The summed E-state index contributed by atoms with van der Waals surface area (Å²) in [7, 11) is 1.83. The van der Waals surface area contributed by atoms with E-state index in [0.29, 0.717) is 45.8 Å². The zero-order valence-electron chi connectivity index (χ0n) is 12.7. The Balaban J connectivity index is 0.00000220. The smallest absolute Gasteiger partial charge is 0.245 e. The van der Waals surface area contributed by atoms with Crippen LogP contribution in [0.15, 0.2) is 0 Å². The van der Waals surface area contributed by atoms with Crippen LogP contribution in [0.1, 0.15) is 25.7 Å². The van der Waals surface area contributed by atoms with E-state index in [1.165, 1.54) is 0 Å². The van der Waals surface area contributed by atoms with Crippen LogP contribution in [0.25, 0.3) is 0 Å². The average Bonchev–Trinajstić information content (AvgIpc) is 2.52. The highest BCUT2D eigenvalue weighted by Gasteiger charge is 2.34. The molecule has 2 rings (SSSR count). The molecule has 2 saturated heterocycles. The number of ether oxygens (including phenoxy) is 1. The summed E-state index contributed by atoms with van der Waals surface area (Å²) in [4.78, 5) is 28.5. The molecule has 2 amide bonds. The Labute approximate surface area is 132 Å². The molecule has 0 radical (unpaired) electrons. The molecule has 0 bridgehead atoms. The molecule has 2 heterocycles. The number of hydrogen-bond donors (Lipinski definition) is 1. The fourth-order valence-electron chi connectivity index (χ4n) is 2.86. The molecule has 0 spiro atoms. The van der Waals surface area contributed by atoms with Crippen LogP contribution in [-0.2, 0) is 14.3 Å². The van der Waals surface area contributed by atoms with Crippen LogP contribution < -0.4 is 5.32 Å². The quantitative estimate of drug-likeness (QED) is 0.807. The molecule has 0 aromatic carbocycles. The minimum absolute atomic E-state index is 0. The van der Waals surface area contributed by atoms with Gasteiger partial charge in [0.2, 0.25) is 11.8 Å². The van der Waals surface area contributed by atoms with E-state index in [1.54, 1.807) is 4.90 Å². The van der Waals surface area contributed by atoms with Crippen molar-refractivity contribution in [2.45, 2.75) is 31.7 Å². The van der Waals surface area contributed by atoms with Crippen molar-refractivity contribution >= 4 is 24.2 Å². The Morgan fingerprint density at radius 1 is 1.19 bits per heavy atom. The summed E-state index contributed by atoms with van der Waals surface area (Å²) in [6.07, 6.45) is 3.28. The molecule has 0 aromatic heterocycles. The van der Waals surface area contributed by atoms with Crippen molar-refractivity contribution in [3.05, 3.63) is 0 Å². The second kappa shape index (κ2) is 9.23. The highest BCUT2D eigenvalue weighted by Crippen LogP contribution is 2.20. The highest BCUT2D eigenvalue weighted by molar-refractivity contribution is 5.88. The predicted octanol–water partition coefficient (Wildman–Crippen LogP) is 0.258. The average molecular weight is 320 g/mol. The molecule has 2 fully saturated rings. The molecular weight excluding hydrogens is 294 g/mol. The van der Waals surface area contributed by atoms with Crippen molar-refractivity contribution in [3.63, 3.8) is 0 Å². The lowest BCUT2D eigenvalue weighted by molar-refractivity contribution is -0.150. The molecule has 2 aliphatic rings. The fourth-order valence-corrected chi connectivity index (χ4v) is 2.86. The zero-order valence-corrected chi connectivity index (χ0v) is 13.5. The van der Waals surface area contributed by atoms with Crippen molar-refractivity contribution in [2.75, 3.05) is 46.4 Å². The molecule has 0 aromatic rings. The van der Waals surface area contributed by atoms with Gasteiger partial charge in [-0.05, 0) is 26.3 Å². The first kappa shape index (κ1) is 18.2. The normalized spacial score (nSPS) is 22.6. The largest absolute Gasteiger partial charge is 0.378 e. The Morgan fingerprint density at radius 2 is 1.90 bits per heavy atom. The molecule has 1 N–H and O–H groups in total. The number of likely N-dealkylation sites (tertiary alicyclic amines) is 1. The maximum Gasteiger partial charge on any atom is 0.245 e. The lowest BCUT2D eigenvalue weighted by Crippen LogP contribution is -2.55. The van der Waals surface area contributed by atoms with E-state index in [9.17, 15) is 9.59 Å². The highest BCUT2D eigenvalue weighted by atomic mass is 35.5. The molecule has 7 heteroatoms. The fraction of sp³-hybridized carbons (Fsp3) is 0.857. The van der Waals surface area contributed by atoms with Gasteiger partial charge in [-0.2, -0.15) is 0 Å². The number of nitrogens with zero attached hydrogens (tertiary/aromatic N) is 2. The molecule has 1 unspecified atom stereocenters. The van der Waals surface area contributed by atoms with Gasteiger partial charge >= 0.3 is 0 Å². The number of rotatable bonds is 4. The third kappa shape index (κ3) is 4.83. The van der Waals surface area contributed by atoms with E-state index in [1.807, 2.05) is 11.9 Å². The van der Waals surface area contributed by atoms with Crippen LogP contribution in [0.2, 0.25) is 0 Å². The first-order chi connectivity index (χ1) is 9.74. The minimum Gasteiger partial charge on any atom is -0.378 e. The Morgan fingerprint density at radius 3 is 2.57 bits per heavy atom. The summed E-state index contributed by atoms with van der Waals surface area (Å²) in [5, 5.41) is 2.99. The van der Waals surface area contributed by atoms with Gasteiger partial charge in [-0.15, -0.1) is 12.4 Å². The van der Waals surface area contributed by atoms with Gasteiger partial charge in [0.25, 0.3) is 0 Å². The van der Waals surface area contributed by atoms with Gasteiger partial charge in [0.15, 0.2) is 0 Å². The van der Waals surface area contributed by atoms with Crippen LogP contribution in [0.5, 0.6) is 0 Å². The Kier molecular flexibility index (Phi) is 8.00. The first-order valence-corrected chi connectivity index (χ1v) is 7.54. The number of carbonyl (C=O) groups is 2. The van der Waals surface area contributed by atoms with Crippen molar-refractivity contribution in [2.24, 2.45) is 0 Å². The minimum atomic E-state index is -0.258.